The van der Waals surface area contributed by atoms with Gasteiger partial charge in [0, 0.05) is 39.3 Å². The largest absolute Gasteiger partial charge is 0.492 e. The summed E-state index contributed by atoms with van der Waals surface area (Å²) in [5.74, 6) is 0.908. The lowest BCUT2D eigenvalue weighted by atomic mass is 10.3. The van der Waals surface area contributed by atoms with Crippen LogP contribution in [0.4, 0.5) is 0 Å². The van der Waals surface area contributed by atoms with Gasteiger partial charge in [0.2, 0.25) is 0 Å². The first kappa shape index (κ1) is 25.0. The van der Waals surface area contributed by atoms with Gasteiger partial charge >= 0.3 is 0 Å². The topological polar surface area (TPSA) is 50.6 Å². The van der Waals surface area contributed by atoms with Crippen molar-refractivity contribution >= 4 is 48.0 Å². The molecule has 1 aliphatic rings. The Bertz CT molecular complexity index is 768. The van der Waals surface area contributed by atoms with Gasteiger partial charge in [0.25, 0.3) is 5.56 Å². The molecule has 0 bridgehead atoms. The van der Waals surface area contributed by atoms with Crippen LogP contribution in [0.5, 0.6) is 5.75 Å². The summed E-state index contributed by atoms with van der Waals surface area (Å²) < 4.78 is 7.12. The van der Waals surface area contributed by atoms with E-state index in [9.17, 15) is 4.79 Å². The van der Waals surface area contributed by atoms with Crippen LogP contribution in [-0.2, 0) is 6.54 Å². The molecule has 1 fully saturated rings. The number of para-hydroxylation sites is 1. The number of hydrogen-bond donors (Lipinski definition) is 0. The minimum absolute atomic E-state index is 0. The maximum atomic E-state index is 12.0. The van der Waals surface area contributed by atoms with Crippen molar-refractivity contribution < 1.29 is 4.74 Å². The number of hydrogen-bond acceptors (Lipinski definition) is 5. The molecule has 0 radical (unpaired) electrons. The first-order valence-electron chi connectivity index (χ1n) is 8.67. The van der Waals surface area contributed by atoms with E-state index in [1.165, 1.54) is 10.9 Å². The van der Waals surface area contributed by atoms with Gasteiger partial charge in [0.15, 0.2) is 0 Å². The van der Waals surface area contributed by atoms with Crippen molar-refractivity contribution in [2.24, 2.45) is 0 Å². The number of rotatable bonds is 7. The zero-order chi connectivity index (χ0) is 18.4. The van der Waals surface area contributed by atoms with Gasteiger partial charge in [-0.3, -0.25) is 14.6 Å². The summed E-state index contributed by atoms with van der Waals surface area (Å²) in [4.78, 5) is 16.7. The highest BCUT2D eigenvalue weighted by atomic mass is 35.5. The second-order valence-electron chi connectivity index (χ2n) is 6.18. The van der Waals surface area contributed by atoms with Crippen molar-refractivity contribution in [3.05, 3.63) is 56.9 Å². The van der Waals surface area contributed by atoms with Crippen LogP contribution in [0.2, 0.25) is 10.0 Å². The third-order valence-corrected chi connectivity index (χ3v) is 5.20. The van der Waals surface area contributed by atoms with E-state index < -0.39 is 0 Å². The third-order valence-electron chi connectivity index (χ3n) is 4.45. The number of aromatic nitrogens is 2. The average molecular weight is 470 g/mol. The lowest BCUT2D eigenvalue weighted by Crippen LogP contribution is -2.48. The monoisotopic (exact) mass is 468 g/mol. The summed E-state index contributed by atoms with van der Waals surface area (Å²) in [6.07, 6.45) is 1.41. The lowest BCUT2D eigenvalue weighted by molar-refractivity contribution is 0.113. The van der Waals surface area contributed by atoms with Crippen LogP contribution in [0.1, 0.15) is 0 Å². The number of nitrogens with zero attached hydrogens (tertiary/aromatic N) is 4. The Labute approximate surface area is 187 Å². The van der Waals surface area contributed by atoms with E-state index in [0.717, 1.165) is 45.0 Å². The van der Waals surface area contributed by atoms with E-state index in [-0.39, 0.29) is 40.4 Å². The van der Waals surface area contributed by atoms with Gasteiger partial charge in [0.05, 0.1) is 17.8 Å². The average Bonchev–Trinajstić information content (AvgIpc) is 2.67. The quantitative estimate of drug-likeness (QED) is 0.623. The predicted octanol–water partition coefficient (Wildman–Crippen LogP) is 3.09. The fourth-order valence-electron chi connectivity index (χ4n) is 2.89. The van der Waals surface area contributed by atoms with Crippen LogP contribution >= 0.6 is 48.0 Å². The van der Waals surface area contributed by atoms with E-state index >= 15 is 0 Å². The highest BCUT2D eigenvalue weighted by Crippen LogP contribution is 2.14. The van der Waals surface area contributed by atoms with Crippen molar-refractivity contribution in [2.75, 3.05) is 45.9 Å². The van der Waals surface area contributed by atoms with Crippen LogP contribution in [0, 0.1) is 0 Å². The normalized spacial score (nSPS) is 14.8. The van der Waals surface area contributed by atoms with Crippen LogP contribution in [0.15, 0.2) is 41.3 Å². The molecule has 1 aliphatic heterocycles. The number of halogens is 4. The second-order valence-corrected chi connectivity index (χ2v) is 6.96. The molecule has 1 aromatic carbocycles. The van der Waals surface area contributed by atoms with Gasteiger partial charge in [-0.1, -0.05) is 41.4 Å². The molecule has 2 aromatic rings. The highest BCUT2D eigenvalue weighted by molar-refractivity contribution is 6.41. The zero-order valence-corrected chi connectivity index (χ0v) is 18.4. The molecular weight excluding hydrogens is 446 g/mol. The molecule has 0 unspecified atom stereocenters. The summed E-state index contributed by atoms with van der Waals surface area (Å²) in [5.41, 5.74) is -0.337. The van der Waals surface area contributed by atoms with E-state index in [0.29, 0.717) is 13.2 Å². The fraction of sp³-hybridized carbons (Fsp3) is 0.444. The van der Waals surface area contributed by atoms with E-state index in [2.05, 4.69) is 14.9 Å². The molecule has 0 amide bonds. The molecule has 0 atom stereocenters. The Kier molecular flexibility index (Phi) is 11.2. The number of benzene rings is 1. The Hall–Kier alpha value is -1.02. The van der Waals surface area contributed by atoms with Gasteiger partial charge in [-0.2, -0.15) is 5.10 Å². The Balaban J connectivity index is 0.00000196. The lowest BCUT2D eigenvalue weighted by Gasteiger charge is -2.34. The maximum absolute atomic E-state index is 12.0. The van der Waals surface area contributed by atoms with E-state index in [4.69, 9.17) is 27.9 Å². The van der Waals surface area contributed by atoms with Crippen molar-refractivity contribution in [2.45, 2.75) is 6.54 Å². The molecule has 10 heteroatoms. The van der Waals surface area contributed by atoms with Gasteiger partial charge < -0.3 is 4.74 Å². The van der Waals surface area contributed by atoms with Crippen molar-refractivity contribution in [1.82, 2.24) is 19.6 Å². The summed E-state index contributed by atoms with van der Waals surface area (Å²) in [6, 6.07) is 9.87. The van der Waals surface area contributed by atoms with Crippen molar-refractivity contribution in [1.29, 1.82) is 0 Å². The van der Waals surface area contributed by atoms with Crippen LogP contribution < -0.4 is 10.3 Å². The minimum atomic E-state index is -0.337. The van der Waals surface area contributed by atoms with Gasteiger partial charge in [-0.25, -0.2) is 4.68 Å². The predicted molar refractivity (Wildman–Crippen MR) is 118 cm³/mol. The summed E-state index contributed by atoms with van der Waals surface area (Å²) in [7, 11) is 0. The van der Waals surface area contributed by atoms with Crippen molar-refractivity contribution in [3.8, 4) is 5.75 Å². The Morgan fingerprint density at radius 1 is 0.929 bits per heavy atom. The van der Waals surface area contributed by atoms with Gasteiger partial charge in [-0.15, -0.1) is 24.8 Å². The van der Waals surface area contributed by atoms with E-state index in [1.807, 2.05) is 30.3 Å². The number of ether oxygens (including phenoxy) is 1. The van der Waals surface area contributed by atoms with Crippen LogP contribution in [0.3, 0.4) is 0 Å². The Morgan fingerprint density at radius 3 is 2.18 bits per heavy atom. The molecule has 3 rings (SSSR count). The van der Waals surface area contributed by atoms with Gasteiger partial charge in [0.1, 0.15) is 17.4 Å². The minimum Gasteiger partial charge on any atom is -0.492 e. The maximum Gasteiger partial charge on any atom is 0.287 e. The smallest absolute Gasteiger partial charge is 0.287 e. The molecule has 1 aromatic heterocycles. The molecule has 2 heterocycles. The molecule has 0 spiro atoms. The molecule has 28 heavy (non-hydrogen) atoms. The molecule has 0 aliphatic carbocycles. The van der Waals surface area contributed by atoms with Crippen LogP contribution in [0.25, 0.3) is 0 Å². The standard InChI is InChI=1S/C18H22Cl2N4O2.2ClH/c19-16-14-21-24(18(25)17(16)20)11-10-22-6-8-23(9-7-22)12-13-26-15-4-2-1-3-5-15;;/h1-5,14H,6-13H2;2*1H. The fourth-order valence-corrected chi connectivity index (χ4v) is 3.16. The summed E-state index contributed by atoms with van der Waals surface area (Å²) >= 11 is 11.7. The summed E-state index contributed by atoms with van der Waals surface area (Å²) in [5, 5.41) is 4.27. The second kappa shape index (κ2) is 12.5. The van der Waals surface area contributed by atoms with Crippen molar-refractivity contribution in [3.63, 3.8) is 0 Å². The molecule has 6 nitrogen and oxygen atoms in total. The molecule has 0 saturated carbocycles. The zero-order valence-electron chi connectivity index (χ0n) is 15.3. The van der Waals surface area contributed by atoms with E-state index in [1.54, 1.807) is 0 Å². The number of piperazine rings is 1. The molecule has 156 valence electrons. The molecule has 0 N–H and O–H groups in total. The van der Waals surface area contributed by atoms with Gasteiger partial charge in [-0.05, 0) is 12.1 Å². The molecule has 1 saturated heterocycles. The molecular formula is C18H24Cl4N4O2. The Morgan fingerprint density at radius 2 is 1.54 bits per heavy atom. The highest BCUT2D eigenvalue weighted by Gasteiger charge is 2.17. The van der Waals surface area contributed by atoms with Crippen LogP contribution in [-0.4, -0.2) is 65.5 Å². The SMILES string of the molecule is Cl.Cl.O=c1c(Cl)c(Cl)cnn1CCN1CCN(CCOc2ccccc2)CC1. The first-order chi connectivity index (χ1) is 12.6. The third kappa shape index (κ3) is 7.10. The summed E-state index contributed by atoms with van der Waals surface area (Å²) in [6.45, 7) is 6.77. The first-order valence-corrected chi connectivity index (χ1v) is 9.43.